The zero-order valence-corrected chi connectivity index (χ0v) is 11.7. The first-order valence-corrected chi connectivity index (χ1v) is 7.02. The van der Waals surface area contributed by atoms with Gasteiger partial charge in [0, 0.05) is 17.5 Å². The van der Waals surface area contributed by atoms with Gasteiger partial charge in [0.2, 0.25) is 0 Å². The summed E-state index contributed by atoms with van der Waals surface area (Å²) in [5.74, 6) is 0. The predicted octanol–water partition coefficient (Wildman–Crippen LogP) is 3.12. The van der Waals surface area contributed by atoms with Crippen molar-refractivity contribution in [1.82, 2.24) is 4.98 Å². The van der Waals surface area contributed by atoms with Gasteiger partial charge in [-0.25, -0.2) is 0 Å². The van der Waals surface area contributed by atoms with E-state index < -0.39 is 0 Å². The molecule has 0 spiro atoms. The van der Waals surface area contributed by atoms with Gasteiger partial charge in [-0.3, -0.25) is 4.98 Å². The first kappa shape index (κ1) is 13.9. The Bertz CT molecular complexity index is 423. The summed E-state index contributed by atoms with van der Waals surface area (Å²) in [6, 6.07) is 4.15. The average molecular weight is 249 g/mol. The lowest BCUT2D eigenvalue weighted by atomic mass is 10.1. The molecule has 0 amide bonds. The fourth-order valence-electron chi connectivity index (χ4n) is 1.64. The molecule has 1 aromatic rings. The minimum atomic E-state index is 0.636. The first-order valence-electron chi connectivity index (χ1n) is 5.73. The molecule has 0 aliphatic heterocycles. The number of anilines is 1. The maximum atomic E-state index is 9.11. The van der Waals surface area contributed by atoms with E-state index >= 15 is 0 Å². The van der Waals surface area contributed by atoms with Crippen LogP contribution in [0.25, 0.3) is 0 Å². The van der Waals surface area contributed by atoms with Gasteiger partial charge in [0.1, 0.15) is 6.07 Å². The third kappa shape index (κ3) is 3.94. The van der Waals surface area contributed by atoms with E-state index in [1.165, 1.54) is 0 Å². The van der Waals surface area contributed by atoms with Crippen LogP contribution in [0.3, 0.4) is 0 Å². The number of nitrogens with zero attached hydrogens (tertiary/aromatic N) is 2. The normalized spacial score (nSPS) is 11.9. The van der Waals surface area contributed by atoms with Crippen LogP contribution in [0.4, 0.5) is 5.69 Å². The topological polar surface area (TPSA) is 48.7 Å². The van der Waals surface area contributed by atoms with Gasteiger partial charge in [0.15, 0.2) is 0 Å². The molecule has 3 nitrogen and oxygen atoms in total. The van der Waals surface area contributed by atoms with Gasteiger partial charge >= 0.3 is 0 Å². The van der Waals surface area contributed by atoms with E-state index in [9.17, 15) is 0 Å². The summed E-state index contributed by atoms with van der Waals surface area (Å²) in [6.45, 7) is 6.92. The second-order valence-electron chi connectivity index (χ2n) is 4.15. The van der Waals surface area contributed by atoms with Gasteiger partial charge in [0.05, 0.1) is 16.9 Å². The summed E-state index contributed by atoms with van der Waals surface area (Å²) < 4.78 is 0. The number of nitriles is 1. The largest absolute Gasteiger partial charge is 0.384 e. The maximum Gasteiger partial charge on any atom is 0.103 e. The van der Waals surface area contributed by atoms with Crippen LogP contribution in [-0.4, -0.2) is 23.0 Å². The second-order valence-corrected chi connectivity index (χ2v) is 5.42. The fraction of sp³-hybridized carbons (Fsp3) is 0.538. The Morgan fingerprint density at radius 3 is 2.82 bits per heavy atom. The lowest BCUT2D eigenvalue weighted by Crippen LogP contribution is -2.10. The zero-order valence-electron chi connectivity index (χ0n) is 10.9. The number of aryl methyl sites for hydroxylation is 2. The smallest absolute Gasteiger partial charge is 0.103 e. The van der Waals surface area contributed by atoms with Crippen molar-refractivity contribution in [1.29, 1.82) is 5.26 Å². The van der Waals surface area contributed by atoms with E-state index in [4.69, 9.17) is 5.26 Å². The van der Waals surface area contributed by atoms with Gasteiger partial charge < -0.3 is 5.32 Å². The van der Waals surface area contributed by atoms with Gasteiger partial charge in [-0.1, -0.05) is 6.92 Å². The lowest BCUT2D eigenvalue weighted by molar-refractivity contribution is 0.852. The molecule has 0 aromatic carbocycles. The Balaban J connectivity index is 2.74. The first-order chi connectivity index (χ1) is 8.08. The molecule has 1 aromatic heterocycles. The third-order valence-corrected chi connectivity index (χ3v) is 3.75. The molecule has 0 aliphatic carbocycles. The summed E-state index contributed by atoms with van der Waals surface area (Å²) in [5, 5.41) is 13.1. The summed E-state index contributed by atoms with van der Waals surface area (Å²) >= 11 is 1.86. The summed E-state index contributed by atoms with van der Waals surface area (Å²) in [7, 11) is 0. The molecule has 1 atom stereocenters. The lowest BCUT2D eigenvalue weighted by Gasteiger charge is -2.12. The third-order valence-electron chi connectivity index (χ3n) is 2.71. The molecule has 4 heteroatoms. The molecule has 1 unspecified atom stereocenters. The van der Waals surface area contributed by atoms with Crippen LogP contribution in [0.1, 0.15) is 30.3 Å². The van der Waals surface area contributed by atoms with Crippen LogP contribution in [0, 0.1) is 25.2 Å². The summed E-state index contributed by atoms with van der Waals surface area (Å²) in [6.07, 6.45) is 3.21. The number of nitrogens with one attached hydrogen (secondary N) is 1. The molecule has 0 bridgehead atoms. The van der Waals surface area contributed by atoms with E-state index in [1.54, 1.807) is 0 Å². The van der Waals surface area contributed by atoms with Crippen LogP contribution in [0.2, 0.25) is 0 Å². The maximum absolute atomic E-state index is 9.11. The van der Waals surface area contributed by atoms with E-state index in [-0.39, 0.29) is 0 Å². The molecule has 0 saturated heterocycles. The SMILES string of the molecule is CSC(C)CCNc1cc(C)nc(C)c1C#N. The highest BCUT2D eigenvalue weighted by atomic mass is 32.2. The van der Waals surface area contributed by atoms with Crippen molar-refractivity contribution in [3.05, 3.63) is 23.0 Å². The van der Waals surface area contributed by atoms with Crippen molar-refractivity contribution in [2.45, 2.75) is 32.4 Å². The van der Waals surface area contributed by atoms with Crippen LogP contribution in [-0.2, 0) is 0 Å². The van der Waals surface area contributed by atoms with E-state index in [0.29, 0.717) is 10.8 Å². The quantitative estimate of drug-likeness (QED) is 0.871. The predicted molar refractivity (Wildman–Crippen MR) is 74.5 cm³/mol. The molecule has 0 radical (unpaired) electrons. The molecule has 17 heavy (non-hydrogen) atoms. The Hall–Kier alpha value is -1.21. The van der Waals surface area contributed by atoms with E-state index in [1.807, 2.05) is 31.7 Å². The number of hydrogen-bond acceptors (Lipinski definition) is 4. The van der Waals surface area contributed by atoms with Crippen molar-refractivity contribution in [2.24, 2.45) is 0 Å². The van der Waals surface area contributed by atoms with Gasteiger partial charge in [-0.2, -0.15) is 17.0 Å². The summed E-state index contributed by atoms with van der Waals surface area (Å²) in [5.41, 5.74) is 3.31. The molecule has 92 valence electrons. The number of aromatic nitrogens is 1. The Morgan fingerprint density at radius 1 is 1.53 bits per heavy atom. The molecule has 1 heterocycles. The number of rotatable bonds is 5. The highest BCUT2D eigenvalue weighted by Crippen LogP contribution is 2.19. The average Bonchev–Trinajstić information content (AvgIpc) is 2.28. The number of pyridine rings is 1. The van der Waals surface area contributed by atoms with Crippen molar-refractivity contribution >= 4 is 17.4 Å². The van der Waals surface area contributed by atoms with Crippen LogP contribution < -0.4 is 5.32 Å². The minimum absolute atomic E-state index is 0.636. The Labute approximate surface area is 108 Å². The van der Waals surface area contributed by atoms with E-state index in [2.05, 4.69) is 29.5 Å². The fourth-order valence-corrected chi connectivity index (χ4v) is 1.99. The van der Waals surface area contributed by atoms with Gasteiger partial charge in [-0.15, -0.1) is 0 Å². The molecule has 0 fully saturated rings. The zero-order chi connectivity index (χ0) is 12.8. The van der Waals surface area contributed by atoms with Crippen molar-refractivity contribution in [3.8, 4) is 6.07 Å². The van der Waals surface area contributed by atoms with Crippen molar-refractivity contribution in [2.75, 3.05) is 18.1 Å². The van der Waals surface area contributed by atoms with E-state index in [0.717, 1.165) is 30.0 Å². The number of hydrogen-bond donors (Lipinski definition) is 1. The molecular formula is C13H19N3S. The highest BCUT2D eigenvalue weighted by Gasteiger charge is 2.08. The highest BCUT2D eigenvalue weighted by molar-refractivity contribution is 7.99. The van der Waals surface area contributed by atoms with Crippen LogP contribution in [0.15, 0.2) is 6.07 Å². The van der Waals surface area contributed by atoms with Crippen LogP contribution >= 0.6 is 11.8 Å². The standard InChI is InChI=1S/C13H19N3S/c1-9-7-13(12(8-14)11(3)16-9)15-6-5-10(2)17-4/h7,10H,5-6H2,1-4H3,(H,15,16). The van der Waals surface area contributed by atoms with Crippen LogP contribution in [0.5, 0.6) is 0 Å². The molecule has 1 rings (SSSR count). The van der Waals surface area contributed by atoms with Gasteiger partial charge in [0.25, 0.3) is 0 Å². The minimum Gasteiger partial charge on any atom is -0.384 e. The molecule has 0 saturated carbocycles. The van der Waals surface area contributed by atoms with Crippen molar-refractivity contribution in [3.63, 3.8) is 0 Å². The molecule has 0 aliphatic rings. The Kier molecular flexibility index (Phi) is 5.30. The monoisotopic (exact) mass is 249 g/mol. The second kappa shape index (κ2) is 6.51. The van der Waals surface area contributed by atoms with Gasteiger partial charge in [-0.05, 0) is 32.6 Å². The van der Waals surface area contributed by atoms with Crippen molar-refractivity contribution < 1.29 is 0 Å². The Morgan fingerprint density at radius 2 is 2.24 bits per heavy atom. The molecular weight excluding hydrogens is 230 g/mol. The number of thioether (sulfide) groups is 1. The molecule has 1 N–H and O–H groups in total. The summed E-state index contributed by atoms with van der Waals surface area (Å²) in [4.78, 5) is 4.30.